The zero-order valence-electron chi connectivity index (χ0n) is 22.1. The third-order valence-electron chi connectivity index (χ3n) is 6.46. The molecule has 0 spiro atoms. The Kier molecular flexibility index (Phi) is 10.7. The van der Waals surface area contributed by atoms with Gasteiger partial charge in [0.2, 0.25) is 0 Å². The number of ketones is 2. The number of methoxy groups -OCH3 is 1. The van der Waals surface area contributed by atoms with Crippen LogP contribution in [0.25, 0.3) is 0 Å². The first-order valence-corrected chi connectivity index (χ1v) is 13.3. The van der Waals surface area contributed by atoms with Crippen LogP contribution in [0.2, 0.25) is 0 Å². The van der Waals surface area contributed by atoms with Crippen LogP contribution in [-0.2, 0) is 14.2 Å². The van der Waals surface area contributed by atoms with Crippen molar-refractivity contribution >= 4 is 11.6 Å². The van der Waals surface area contributed by atoms with E-state index in [0.29, 0.717) is 17.7 Å². The second-order valence-corrected chi connectivity index (χ2v) is 9.21. The quantitative estimate of drug-likeness (QED) is 0.214. The van der Waals surface area contributed by atoms with Gasteiger partial charge in [-0.15, -0.1) is 0 Å². The van der Waals surface area contributed by atoms with Gasteiger partial charge in [0.25, 0.3) is 0 Å². The van der Waals surface area contributed by atoms with E-state index in [2.05, 4.69) is 0 Å². The fraction of sp³-hybridized carbons (Fsp3) is 0.235. The van der Waals surface area contributed by atoms with Crippen molar-refractivity contribution in [2.24, 2.45) is 0 Å². The van der Waals surface area contributed by atoms with Gasteiger partial charge in [-0.25, -0.2) is 0 Å². The number of rotatable bonds is 9. The van der Waals surface area contributed by atoms with E-state index >= 15 is 0 Å². The molecule has 5 nitrogen and oxygen atoms in total. The fourth-order valence-corrected chi connectivity index (χ4v) is 4.42. The van der Waals surface area contributed by atoms with Crippen molar-refractivity contribution in [3.63, 3.8) is 0 Å². The lowest BCUT2D eigenvalue weighted by Crippen LogP contribution is -2.28. The predicted molar refractivity (Wildman–Crippen MR) is 152 cm³/mol. The molecule has 1 fully saturated rings. The summed E-state index contributed by atoms with van der Waals surface area (Å²) in [5.74, 6) is -0.0414. The Bertz CT molecular complexity index is 1270. The largest absolute Gasteiger partial charge is 0.369 e. The number of hydrogen-bond acceptors (Lipinski definition) is 5. The molecule has 0 radical (unpaired) electrons. The molecule has 1 aliphatic heterocycles. The maximum atomic E-state index is 12.8. The van der Waals surface area contributed by atoms with Crippen molar-refractivity contribution in [1.82, 2.24) is 0 Å². The summed E-state index contributed by atoms with van der Waals surface area (Å²) in [5, 5.41) is 0. The smallest absolute Gasteiger partial charge is 0.196 e. The van der Waals surface area contributed by atoms with Crippen LogP contribution in [0.15, 0.2) is 121 Å². The number of ether oxygens (including phenoxy) is 3. The van der Waals surface area contributed by atoms with E-state index in [1.54, 1.807) is 19.2 Å². The first-order valence-electron chi connectivity index (χ1n) is 13.3. The average molecular weight is 523 g/mol. The molecule has 39 heavy (non-hydrogen) atoms. The molecule has 200 valence electrons. The minimum absolute atomic E-state index is 0.0145. The van der Waals surface area contributed by atoms with Crippen LogP contribution >= 0.6 is 0 Å². The van der Waals surface area contributed by atoms with Crippen LogP contribution in [0.4, 0.5) is 0 Å². The van der Waals surface area contributed by atoms with Crippen molar-refractivity contribution in [2.45, 2.75) is 37.8 Å². The molecule has 5 rings (SSSR count). The van der Waals surface area contributed by atoms with E-state index in [4.69, 9.17) is 14.2 Å². The van der Waals surface area contributed by atoms with Gasteiger partial charge in [-0.3, -0.25) is 9.59 Å². The number of carbonyl (C=O) groups is 2. The van der Waals surface area contributed by atoms with Crippen LogP contribution in [0.1, 0.15) is 63.3 Å². The van der Waals surface area contributed by atoms with Crippen LogP contribution in [0.3, 0.4) is 0 Å². The molecule has 5 heteroatoms. The van der Waals surface area contributed by atoms with Gasteiger partial charge in [0, 0.05) is 24.8 Å². The molecule has 0 saturated carbocycles. The van der Waals surface area contributed by atoms with Gasteiger partial charge in [0.15, 0.2) is 17.9 Å². The van der Waals surface area contributed by atoms with E-state index in [0.717, 1.165) is 30.4 Å². The minimum atomic E-state index is -0.619. The van der Waals surface area contributed by atoms with Crippen molar-refractivity contribution in [1.29, 1.82) is 0 Å². The summed E-state index contributed by atoms with van der Waals surface area (Å²) in [6.45, 7) is 0.700. The lowest BCUT2D eigenvalue weighted by molar-refractivity contribution is -0.179. The first-order chi connectivity index (χ1) is 19.2. The SMILES string of the molecule is COC(C(=O)c1ccccc1)c1ccccc1.O=C(c1ccccc1)C(OC1CCCCO1)c1ccccc1. The maximum absolute atomic E-state index is 12.8. The Morgan fingerprint density at radius 1 is 0.641 bits per heavy atom. The molecule has 0 aromatic heterocycles. The zero-order chi connectivity index (χ0) is 27.3. The molecular formula is C34H34O5. The van der Waals surface area contributed by atoms with E-state index in [1.807, 2.05) is 109 Å². The molecule has 1 heterocycles. The summed E-state index contributed by atoms with van der Waals surface area (Å²) in [6.07, 6.45) is 1.52. The van der Waals surface area contributed by atoms with Gasteiger partial charge in [0.05, 0.1) is 0 Å². The summed E-state index contributed by atoms with van der Waals surface area (Å²) in [7, 11) is 1.55. The van der Waals surface area contributed by atoms with Crippen molar-refractivity contribution in [3.8, 4) is 0 Å². The van der Waals surface area contributed by atoms with E-state index in [9.17, 15) is 9.59 Å². The second kappa shape index (κ2) is 14.9. The summed E-state index contributed by atoms with van der Waals surface area (Å²) in [5.41, 5.74) is 3.07. The Morgan fingerprint density at radius 3 is 1.51 bits per heavy atom. The molecule has 3 unspecified atom stereocenters. The van der Waals surface area contributed by atoms with E-state index in [-0.39, 0.29) is 17.9 Å². The van der Waals surface area contributed by atoms with Crippen LogP contribution < -0.4 is 0 Å². The van der Waals surface area contributed by atoms with Crippen LogP contribution in [0.5, 0.6) is 0 Å². The highest BCUT2D eigenvalue weighted by molar-refractivity contribution is 6.00. The van der Waals surface area contributed by atoms with Crippen LogP contribution in [0, 0.1) is 0 Å². The molecule has 0 aliphatic carbocycles. The van der Waals surface area contributed by atoms with E-state index in [1.165, 1.54) is 0 Å². The summed E-state index contributed by atoms with van der Waals surface area (Å²) in [4.78, 5) is 25.1. The maximum Gasteiger partial charge on any atom is 0.196 e. The van der Waals surface area contributed by atoms with Gasteiger partial charge in [-0.1, -0.05) is 121 Å². The summed E-state index contributed by atoms with van der Waals surface area (Å²) in [6, 6.07) is 37.6. The molecular weight excluding hydrogens is 488 g/mol. The first kappa shape index (κ1) is 28.1. The molecule has 3 atom stereocenters. The van der Waals surface area contributed by atoms with Gasteiger partial charge in [-0.05, 0) is 30.4 Å². The number of carbonyl (C=O) groups excluding carboxylic acids is 2. The normalized spacial score (nSPS) is 16.3. The number of Topliss-reactive ketones (excluding diaryl/α,β-unsaturated/α-hetero) is 2. The van der Waals surface area contributed by atoms with Crippen LogP contribution in [-0.4, -0.2) is 31.6 Å². The molecule has 0 N–H and O–H groups in total. The highest BCUT2D eigenvalue weighted by atomic mass is 16.7. The molecule has 0 bridgehead atoms. The second-order valence-electron chi connectivity index (χ2n) is 9.21. The molecule has 0 amide bonds. The topological polar surface area (TPSA) is 61.8 Å². The van der Waals surface area contributed by atoms with Crippen molar-refractivity contribution in [2.75, 3.05) is 13.7 Å². The number of benzene rings is 4. The van der Waals surface area contributed by atoms with Gasteiger partial charge in [-0.2, -0.15) is 0 Å². The van der Waals surface area contributed by atoms with Gasteiger partial charge in [0.1, 0.15) is 12.2 Å². The minimum Gasteiger partial charge on any atom is -0.369 e. The van der Waals surface area contributed by atoms with Crippen molar-refractivity contribution in [3.05, 3.63) is 144 Å². The molecule has 4 aromatic carbocycles. The Balaban J connectivity index is 0.000000187. The molecule has 1 aliphatic rings. The molecule has 1 saturated heterocycles. The highest BCUT2D eigenvalue weighted by Gasteiger charge is 2.27. The fourth-order valence-electron chi connectivity index (χ4n) is 4.42. The summed E-state index contributed by atoms with van der Waals surface area (Å²) >= 11 is 0. The third kappa shape index (κ3) is 8.04. The zero-order valence-corrected chi connectivity index (χ0v) is 22.1. The average Bonchev–Trinajstić information content (AvgIpc) is 3.02. The Labute approximate surface area is 230 Å². The molecule has 4 aromatic rings. The lowest BCUT2D eigenvalue weighted by Gasteiger charge is -2.27. The highest BCUT2D eigenvalue weighted by Crippen LogP contribution is 2.27. The van der Waals surface area contributed by atoms with E-state index < -0.39 is 12.2 Å². The van der Waals surface area contributed by atoms with Crippen molar-refractivity contribution < 1.29 is 23.8 Å². The number of hydrogen-bond donors (Lipinski definition) is 0. The standard InChI is InChI=1S/C19H20O3.C15H14O2/c20-18(15-9-3-1-4-10-15)19(16-11-5-2-6-12-16)22-17-13-7-8-14-21-17;1-17-15(13-10-6-3-7-11-13)14(16)12-8-4-2-5-9-12/h1-6,9-12,17,19H,7-8,13-14H2;2-11,15H,1H3. The lowest BCUT2D eigenvalue weighted by atomic mass is 9.99. The Hall–Kier alpha value is -3.90. The third-order valence-corrected chi connectivity index (χ3v) is 6.46. The van der Waals surface area contributed by atoms with Gasteiger partial charge < -0.3 is 14.2 Å². The Morgan fingerprint density at radius 2 is 1.08 bits per heavy atom. The predicted octanol–water partition coefficient (Wildman–Crippen LogP) is 7.41. The van der Waals surface area contributed by atoms with Gasteiger partial charge >= 0.3 is 0 Å². The summed E-state index contributed by atoms with van der Waals surface area (Å²) < 4.78 is 17.0. The monoisotopic (exact) mass is 522 g/mol.